The molecular formula is C22H28N6O6. The Hall–Kier alpha value is -3.27. The molecule has 1 aliphatic carbocycles. The first kappa shape index (κ1) is 23.9. The summed E-state index contributed by atoms with van der Waals surface area (Å²) < 4.78 is 7.05. The molecule has 1 aliphatic heterocycles. The lowest BCUT2D eigenvalue weighted by molar-refractivity contribution is -0.143. The highest BCUT2D eigenvalue weighted by Gasteiger charge is 2.47. The fourth-order valence-electron chi connectivity index (χ4n) is 4.45. The molecule has 2 aromatic rings. The summed E-state index contributed by atoms with van der Waals surface area (Å²) >= 11 is 0. The van der Waals surface area contributed by atoms with Crippen molar-refractivity contribution in [3.05, 3.63) is 12.2 Å². The van der Waals surface area contributed by atoms with Crippen LogP contribution in [-0.4, -0.2) is 71.6 Å². The van der Waals surface area contributed by atoms with Crippen LogP contribution in [0.2, 0.25) is 0 Å². The molecule has 34 heavy (non-hydrogen) atoms. The molecule has 1 saturated carbocycles. The average molecular weight is 473 g/mol. The zero-order valence-electron chi connectivity index (χ0n) is 18.7. The predicted molar refractivity (Wildman–Crippen MR) is 119 cm³/mol. The van der Waals surface area contributed by atoms with E-state index in [0.717, 1.165) is 12.8 Å². The van der Waals surface area contributed by atoms with Crippen molar-refractivity contribution in [3.63, 3.8) is 0 Å². The molecule has 6 N–H and O–H groups in total. The van der Waals surface area contributed by atoms with Gasteiger partial charge in [-0.1, -0.05) is 5.92 Å². The molecule has 0 radical (unpaired) electrons. The van der Waals surface area contributed by atoms with Gasteiger partial charge in [-0.15, -0.1) is 0 Å². The highest BCUT2D eigenvalue weighted by atomic mass is 16.6. The van der Waals surface area contributed by atoms with E-state index in [4.69, 9.17) is 15.6 Å². The number of hydrogen-bond donors (Lipinski definition) is 5. The maximum Gasteiger partial charge on any atom is 0.306 e. The van der Waals surface area contributed by atoms with Crippen molar-refractivity contribution in [1.29, 1.82) is 0 Å². The minimum absolute atomic E-state index is 0.100. The molecule has 0 bridgehead atoms. The third-order valence-electron chi connectivity index (χ3n) is 6.36. The number of carboxylic acids is 1. The molecule has 4 rings (SSSR count). The van der Waals surface area contributed by atoms with Crippen molar-refractivity contribution in [2.75, 3.05) is 12.3 Å². The van der Waals surface area contributed by atoms with Crippen LogP contribution < -0.4 is 11.1 Å². The van der Waals surface area contributed by atoms with Crippen molar-refractivity contribution in [2.45, 2.75) is 63.6 Å². The number of rotatable bonds is 5. The first-order chi connectivity index (χ1) is 16.3. The van der Waals surface area contributed by atoms with Crippen LogP contribution in [0, 0.1) is 23.7 Å². The van der Waals surface area contributed by atoms with Gasteiger partial charge in [0, 0.05) is 13.0 Å². The van der Waals surface area contributed by atoms with Gasteiger partial charge >= 0.3 is 5.97 Å². The molecule has 2 aromatic heterocycles. The van der Waals surface area contributed by atoms with E-state index >= 15 is 0 Å². The normalized spacial score (nSPS) is 28.9. The summed E-state index contributed by atoms with van der Waals surface area (Å²) in [7, 11) is 0. The molecule has 182 valence electrons. The summed E-state index contributed by atoms with van der Waals surface area (Å²) in [6, 6.07) is 0. The monoisotopic (exact) mass is 472 g/mol. The number of anilines is 1. The molecular weight excluding hydrogens is 444 g/mol. The minimum Gasteiger partial charge on any atom is -0.481 e. The summed E-state index contributed by atoms with van der Waals surface area (Å²) in [5.41, 5.74) is 6.57. The molecule has 2 aliphatic rings. The van der Waals surface area contributed by atoms with Crippen LogP contribution in [0.15, 0.2) is 6.33 Å². The quantitative estimate of drug-likeness (QED) is 0.365. The Morgan fingerprint density at radius 2 is 1.97 bits per heavy atom. The smallest absolute Gasteiger partial charge is 0.306 e. The van der Waals surface area contributed by atoms with Gasteiger partial charge in [-0.2, -0.15) is 0 Å². The summed E-state index contributed by atoms with van der Waals surface area (Å²) in [5, 5.41) is 32.5. The van der Waals surface area contributed by atoms with Crippen LogP contribution in [0.25, 0.3) is 11.2 Å². The lowest BCUT2D eigenvalue weighted by atomic mass is 9.81. The molecule has 0 aromatic carbocycles. The van der Waals surface area contributed by atoms with Gasteiger partial charge in [-0.3, -0.25) is 14.2 Å². The van der Waals surface area contributed by atoms with Gasteiger partial charge in [0.15, 0.2) is 23.8 Å². The zero-order chi connectivity index (χ0) is 24.4. The number of carboxylic acid groups (broad SMARTS) is 1. The van der Waals surface area contributed by atoms with E-state index in [2.05, 4.69) is 32.1 Å². The Morgan fingerprint density at radius 3 is 2.65 bits per heavy atom. The lowest BCUT2D eigenvalue weighted by Gasteiger charge is -2.24. The molecule has 3 heterocycles. The second kappa shape index (κ2) is 9.92. The molecule has 1 unspecified atom stereocenters. The molecule has 12 nitrogen and oxygen atoms in total. The molecule has 2 fully saturated rings. The van der Waals surface area contributed by atoms with Crippen molar-refractivity contribution >= 4 is 28.9 Å². The summed E-state index contributed by atoms with van der Waals surface area (Å²) in [5.74, 6) is 5.02. The van der Waals surface area contributed by atoms with Gasteiger partial charge in [0.25, 0.3) is 5.91 Å². The van der Waals surface area contributed by atoms with Gasteiger partial charge in [0.1, 0.15) is 17.7 Å². The van der Waals surface area contributed by atoms with Crippen LogP contribution in [0.3, 0.4) is 0 Å². The first-order valence-corrected chi connectivity index (χ1v) is 11.3. The summed E-state index contributed by atoms with van der Waals surface area (Å²) in [6.45, 7) is 2.09. The van der Waals surface area contributed by atoms with Crippen LogP contribution in [0.4, 0.5) is 5.82 Å². The Kier molecular flexibility index (Phi) is 6.97. The van der Waals surface area contributed by atoms with Crippen LogP contribution in [0.1, 0.15) is 51.1 Å². The van der Waals surface area contributed by atoms with E-state index in [-0.39, 0.29) is 28.7 Å². The van der Waals surface area contributed by atoms with Crippen molar-refractivity contribution in [3.8, 4) is 11.8 Å². The number of ether oxygens (including phenoxy) is 1. The number of aliphatic hydroxyl groups is 2. The van der Waals surface area contributed by atoms with Crippen LogP contribution >= 0.6 is 0 Å². The number of fused-ring (bicyclic) bond motifs is 1. The van der Waals surface area contributed by atoms with Gasteiger partial charge < -0.3 is 31.1 Å². The molecule has 4 atom stereocenters. The molecule has 0 spiro atoms. The number of nitrogens with zero attached hydrogens (tertiary/aromatic N) is 4. The third-order valence-corrected chi connectivity index (χ3v) is 6.36. The number of aromatic nitrogens is 4. The van der Waals surface area contributed by atoms with E-state index in [1.807, 2.05) is 0 Å². The van der Waals surface area contributed by atoms with Gasteiger partial charge in [-0.05, 0) is 44.4 Å². The van der Waals surface area contributed by atoms with Gasteiger partial charge in [-0.25, -0.2) is 15.0 Å². The third kappa shape index (κ3) is 4.68. The van der Waals surface area contributed by atoms with E-state index in [1.54, 1.807) is 6.92 Å². The maximum atomic E-state index is 12.2. The van der Waals surface area contributed by atoms with E-state index in [0.29, 0.717) is 31.7 Å². The summed E-state index contributed by atoms with van der Waals surface area (Å²) in [4.78, 5) is 36.0. The number of nitrogens with two attached hydrogens (primary N) is 1. The van der Waals surface area contributed by atoms with Crippen molar-refractivity contribution in [1.82, 2.24) is 24.8 Å². The number of carbonyl (C=O) groups excluding carboxylic acids is 1. The standard InChI is InChI=1S/C22H28N6O6/c1-2-24-20(31)17-15(29)16(30)21(34-17)28-10-25-14-18(23)26-13(27-19(14)28)5-3-4-11-6-8-12(9-7-11)22(32)33/h10-12,15-17,21,29-30H,2,4,6-9H2,1H3,(H,24,31)(H,32,33)(H2,23,26,27)/t11?,12?,15-,16+,17?,21+/m0/s1. The second-order valence-electron chi connectivity index (χ2n) is 8.64. The number of nitrogen functional groups attached to an aromatic ring is 1. The average Bonchev–Trinajstić information content (AvgIpc) is 3.36. The SMILES string of the molecule is CCNC(=O)C1O[C@@H](n2cnc3c(N)nc(C#CCC4CCC(C(=O)O)CC4)nc32)[C@H](O)[C@@H]1O. The number of aliphatic hydroxyl groups excluding tert-OH is 2. The van der Waals surface area contributed by atoms with E-state index < -0.39 is 36.4 Å². The predicted octanol–water partition coefficient (Wildman–Crippen LogP) is -0.204. The van der Waals surface area contributed by atoms with Crippen LogP contribution in [0.5, 0.6) is 0 Å². The Labute approximate surface area is 195 Å². The topological polar surface area (TPSA) is 186 Å². The first-order valence-electron chi connectivity index (χ1n) is 11.3. The number of amides is 1. The number of aliphatic carboxylic acids is 1. The van der Waals surface area contributed by atoms with Crippen LogP contribution in [-0.2, 0) is 14.3 Å². The van der Waals surface area contributed by atoms with Gasteiger partial charge in [0.2, 0.25) is 5.82 Å². The number of likely N-dealkylation sites (N-methyl/N-ethyl adjacent to an activating group) is 1. The number of carbonyl (C=O) groups is 2. The maximum absolute atomic E-state index is 12.2. The fourth-order valence-corrected chi connectivity index (χ4v) is 4.45. The Balaban J connectivity index is 1.52. The Bertz CT molecular complexity index is 1130. The van der Waals surface area contributed by atoms with Crippen molar-refractivity contribution < 1.29 is 29.6 Å². The number of nitrogens with one attached hydrogen (secondary N) is 1. The van der Waals surface area contributed by atoms with E-state index in [1.165, 1.54) is 10.9 Å². The highest BCUT2D eigenvalue weighted by Crippen LogP contribution is 2.33. The summed E-state index contributed by atoms with van der Waals surface area (Å²) in [6.07, 6.45) is -0.281. The highest BCUT2D eigenvalue weighted by molar-refractivity contribution is 5.83. The lowest BCUT2D eigenvalue weighted by Crippen LogP contribution is -2.42. The molecule has 1 saturated heterocycles. The van der Waals surface area contributed by atoms with Crippen molar-refractivity contribution in [2.24, 2.45) is 11.8 Å². The number of hydrogen-bond acceptors (Lipinski definition) is 9. The second-order valence-corrected chi connectivity index (χ2v) is 8.64. The largest absolute Gasteiger partial charge is 0.481 e. The molecule has 1 amide bonds. The number of imidazole rings is 1. The Morgan fingerprint density at radius 1 is 1.24 bits per heavy atom. The van der Waals surface area contributed by atoms with Gasteiger partial charge in [0.05, 0.1) is 12.2 Å². The van der Waals surface area contributed by atoms with E-state index in [9.17, 15) is 19.8 Å². The zero-order valence-corrected chi connectivity index (χ0v) is 18.7. The fraction of sp³-hybridized carbons (Fsp3) is 0.591. The minimum atomic E-state index is -1.43. The molecule has 12 heteroatoms.